The smallest absolute Gasteiger partial charge is 0.254 e. The van der Waals surface area contributed by atoms with Crippen LogP contribution in [-0.2, 0) is 0 Å². The number of aliphatic hydroxyl groups excluding tert-OH is 1. The van der Waals surface area contributed by atoms with Crippen LogP contribution in [0.4, 0.5) is 0 Å². The third-order valence-corrected chi connectivity index (χ3v) is 4.53. The van der Waals surface area contributed by atoms with Crippen molar-refractivity contribution in [3.8, 4) is 5.88 Å². The molecule has 0 spiro atoms. The van der Waals surface area contributed by atoms with E-state index in [2.05, 4.69) is 4.98 Å². The fourth-order valence-electron chi connectivity index (χ4n) is 2.68. The molecule has 2 heterocycles. The topological polar surface area (TPSA) is 62.7 Å². The summed E-state index contributed by atoms with van der Waals surface area (Å²) < 4.78 is 5.74. The van der Waals surface area contributed by atoms with E-state index >= 15 is 0 Å². The maximum Gasteiger partial charge on any atom is 0.254 e. The number of hydrogen-bond donors (Lipinski definition) is 1. The second-order valence-electron chi connectivity index (χ2n) is 6.14. The number of piperidine rings is 1. The molecule has 5 heteroatoms. The number of β-amino-alcohol motifs (C(OH)–C–C–N with tert-alkyl or cyclic N) is 1. The Morgan fingerprint density at radius 2 is 2.24 bits per heavy atom. The van der Waals surface area contributed by atoms with Gasteiger partial charge in [-0.3, -0.25) is 4.79 Å². The number of carbonyl (C=O) groups is 1. The molecule has 114 valence electrons. The second kappa shape index (κ2) is 6.02. The summed E-state index contributed by atoms with van der Waals surface area (Å²) in [6.45, 7) is 3.11. The van der Waals surface area contributed by atoms with Gasteiger partial charge in [0.1, 0.15) is 6.10 Å². The molecule has 0 radical (unpaired) electrons. The third-order valence-electron chi connectivity index (χ3n) is 4.53. The van der Waals surface area contributed by atoms with Crippen LogP contribution in [0.25, 0.3) is 0 Å². The van der Waals surface area contributed by atoms with Gasteiger partial charge >= 0.3 is 0 Å². The van der Waals surface area contributed by atoms with Gasteiger partial charge in [0.05, 0.1) is 6.10 Å². The van der Waals surface area contributed by atoms with Crippen molar-refractivity contribution in [2.24, 2.45) is 5.92 Å². The first-order valence-corrected chi connectivity index (χ1v) is 7.73. The normalized spacial score (nSPS) is 26.3. The molecule has 2 unspecified atom stereocenters. The zero-order chi connectivity index (χ0) is 14.8. The van der Waals surface area contributed by atoms with E-state index in [9.17, 15) is 9.90 Å². The summed E-state index contributed by atoms with van der Waals surface area (Å²) in [7, 11) is 0. The summed E-state index contributed by atoms with van der Waals surface area (Å²) in [5.74, 6) is 0.724. The van der Waals surface area contributed by atoms with Crippen LogP contribution >= 0.6 is 0 Å². The van der Waals surface area contributed by atoms with E-state index in [-0.39, 0.29) is 17.9 Å². The maximum absolute atomic E-state index is 12.5. The molecule has 0 aromatic carbocycles. The Bertz CT molecular complexity index is 516. The quantitative estimate of drug-likeness (QED) is 0.923. The Morgan fingerprint density at radius 1 is 1.43 bits per heavy atom. The second-order valence-corrected chi connectivity index (χ2v) is 6.14. The van der Waals surface area contributed by atoms with E-state index in [1.807, 2.05) is 6.92 Å². The molecule has 0 bridgehead atoms. The van der Waals surface area contributed by atoms with Crippen LogP contribution in [0, 0.1) is 5.92 Å². The van der Waals surface area contributed by atoms with Crippen LogP contribution in [0.2, 0.25) is 0 Å². The molecule has 1 aromatic heterocycles. The molecular weight excluding hydrogens is 268 g/mol. The Balaban J connectivity index is 1.67. The molecular formula is C16H22N2O3. The predicted molar refractivity (Wildman–Crippen MR) is 78.2 cm³/mol. The minimum Gasteiger partial charge on any atom is -0.474 e. The van der Waals surface area contributed by atoms with Crippen LogP contribution in [-0.4, -0.2) is 46.2 Å². The van der Waals surface area contributed by atoms with Gasteiger partial charge in [-0.1, -0.05) is 6.92 Å². The average molecular weight is 290 g/mol. The maximum atomic E-state index is 12.5. The Labute approximate surface area is 124 Å². The van der Waals surface area contributed by atoms with E-state index in [1.54, 1.807) is 23.2 Å². The summed E-state index contributed by atoms with van der Waals surface area (Å²) in [5, 5.41) is 9.93. The summed E-state index contributed by atoms with van der Waals surface area (Å²) >= 11 is 0. The van der Waals surface area contributed by atoms with E-state index in [4.69, 9.17) is 4.74 Å². The zero-order valence-corrected chi connectivity index (χ0v) is 12.4. The monoisotopic (exact) mass is 290 g/mol. The number of hydrogen-bond acceptors (Lipinski definition) is 4. The molecule has 3 rings (SSSR count). The van der Waals surface area contributed by atoms with Crippen molar-refractivity contribution < 1.29 is 14.6 Å². The van der Waals surface area contributed by atoms with Crippen molar-refractivity contribution in [1.82, 2.24) is 9.88 Å². The summed E-state index contributed by atoms with van der Waals surface area (Å²) in [4.78, 5) is 18.4. The molecule has 2 atom stereocenters. The van der Waals surface area contributed by atoms with Gasteiger partial charge in [-0.25, -0.2) is 4.98 Å². The molecule has 21 heavy (non-hydrogen) atoms. The number of carbonyl (C=O) groups excluding carboxylic acids is 1. The zero-order valence-electron chi connectivity index (χ0n) is 12.4. The number of amides is 1. The van der Waals surface area contributed by atoms with Gasteiger partial charge in [0.15, 0.2) is 0 Å². The van der Waals surface area contributed by atoms with E-state index in [0.717, 1.165) is 19.3 Å². The number of likely N-dealkylation sites (tertiary alicyclic amines) is 1. The van der Waals surface area contributed by atoms with Crippen LogP contribution in [0.5, 0.6) is 5.88 Å². The highest BCUT2D eigenvalue weighted by Gasteiger charge is 2.28. The molecule has 1 saturated heterocycles. The Hall–Kier alpha value is -1.62. The number of aliphatic hydroxyl groups is 1. The first kappa shape index (κ1) is 14.3. The Morgan fingerprint density at radius 3 is 2.90 bits per heavy atom. The van der Waals surface area contributed by atoms with Gasteiger partial charge in [0.2, 0.25) is 5.88 Å². The third kappa shape index (κ3) is 3.18. The molecule has 2 aliphatic rings. The van der Waals surface area contributed by atoms with Gasteiger partial charge in [-0.05, 0) is 37.7 Å². The van der Waals surface area contributed by atoms with Crippen LogP contribution in [0.3, 0.4) is 0 Å². The van der Waals surface area contributed by atoms with Gasteiger partial charge in [0.25, 0.3) is 5.91 Å². The lowest BCUT2D eigenvalue weighted by Gasteiger charge is -2.34. The number of aromatic nitrogens is 1. The fraction of sp³-hybridized carbons (Fsp3) is 0.625. The molecule has 1 aliphatic carbocycles. The predicted octanol–water partition coefficient (Wildman–Crippen LogP) is 1.86. The number of rotatable bonds is 3. The molecule has 1 aromatic rings. The van der Waals surface area contributed by atoms with Crippen molar-refractivity contribution in [3.63, 3.8) is 0 Å². The van der Waals surface area contributed by atoms with Crippen molar-refractivity contribution in [3.05, 3.63) is 23.9 Å². The molecule has 2 fully saturated rings. The highest BCUT2D eigenvalue weighted by atomic mass is 16.5. The van der Waals surface area contributed by atoms with Crippen molar-refractivity contribution in [2.45, 2.75) is 44.8 Å². The minimum atomic E-state index is -0.435. The highest BCUT2D eigenvalue weighted by molar-refractivity contribution is 5.94. The van der Waals surface area contributed by atoms with Crippen LogP contribution in [0.1, 0.15) is 43.0 Å². The van der Waals surface area contributed by atoms with E-state index in [1.165, 1.54) is 6.42 Å². The van der Waals surface area contributed by atoms with Crippen molar-refractivity contribution >= 4 is 5.91 Å². The van der Waals surface area contributed by atoms with E-state index < -0.39 is 6.10 Å². The van der Waals surface area contributed by atoms with Crippen molar-refractivity contribution in [1.29, 1.82) is 0 Å². The highest BCUT2D eigenvalue weighted by Crippen LogP contribution is 2.25. The molecule has 1 amide bonds. The van der Waals surface area contributed by atoms with E-state index in [0.29, 0.717) is 24.5 Å². The number of nitrogens with zero attached hydrogens (tertiary/aromatic N) is 2. The lowest BCUT2D eigenvalue weighted by molar-refractivity contribution is 0.0248. The number of pyridine rings is 1. The average Bonchev–Trinajstić information content (AvgIpc) is 2.45. The molecule has 1 N–H and O–H groups in total. The summed E-state index contributed by atoms with van der Waals surface area (Å²) in [6.07, 6.45) is 5.60. The van der Waals surface area contributed by atoms with Gasteiger partial charge in [-0.15, -0.1) is 0 Å². The van der Waals surface area contributed by atoms with Crippen molar-refractivity contribution in [2.75, 3.05) is 13.1 Å². The lowest BCUT2D eigenvalue weighted by atomic mass is 9.95. The summed E-state index contributed by atoms with van der Waals surface area (Å²) in [5.41, 5.74) is 0.584. The first-order chi connectivity index (χ1) is 10.1. The Kier molecular flexibility index (Phi) is 4.10. The standard InChI is InChI=1S/C16H22N2O3/c1-11-6-8-18(10-14(11)19)16(20)12-5-7-17-15(9-12)21-13-3-2-4-13/h5,7,9,11,13-14,19H,2-4,6,8,10H2,1H3. The van der Waals surface area contributed by atoms with Gasteiger partial charge < -0.3 is 14.7 Å². The number of ether oxygens (including phenoxy) is 1. The SMILES string of the molecule is CC1CCN(C(=O)c2ccnc(OC3CCC3)c2)CC1O. The molecule has 1 aliphatic heterocycles. The van der Waals surface area contributed by atoms with Gasteiger partial charge in [0, 0.05) is 30.9 Å². The molecule has 5 nitrogen and oxygen atoms in total. The largest absolute Gasteiger partial charge is 0.474 e. The molecule has 1 saturated carbocycles. The summed E-state index contributed by atoms with van der Waals surface area (Å²) in [6, 6.07) is 3.42. The minimum absolute atomic E-state index is 0.0539. The van der Waals surface area contributed by atoms with Gasteiger partial charge in [-0.2, -0.15) is 0 Å². The van der Waals surface area contributed by atoms with Crippen LogP contribution in [0.15, 0.2) is 18.3 Å². The lowest BCUT2D eigenvalue weighted by Crippen LogP contribution is -2.45. The first-order valence-electron chi connectivity index (χ1n) is 7.73. The van der Waals surface area contributed by atoms with Crippen LogP contribution < -0.4 is 4.74 Å². The fourth-order valence-corrected chi connectivity index (χ4v) is 2.68.